The fraction of sp³-hybridized carbons (Fsp3) is 0.292. The smallest absolute Gasteiger partial charge is 0.332 e. The van der Waals surface area contributed by atoms with Crippen LogP contribution in [0.4, 0.5) is 16.0 Å². The van der Waals surface area contributed by atoms with Crippen molar-refractivity contribution in [2.45, 2.75) is 37.9 Å². The number of fused-ring (bicyclic) bond motifs is 1. The Labute approximate surface area is 194 Å². The first kappa shape index (κ1) is 21.9. The Morgan fingerprint density at radius 2 is 1.88 bits per heavy atom. The number of aliphatic hydroxyl groups is 1. The van der Waals surface area contributed by atoms with Gasteiger partial charge in [0, 0.05) is 24.2 Å². The van der Waals surface area contributed by atoms with Crippen molar-refractivity contribution in [3.8, 4) is 11.5 Å². The molecule has 1 aliphatic carbocycles. The van der Waals surface area contributed by atoms with Gasteiger partial charge < -0.3 is 20.1 Å². The standard InChI is InChI=1S/C24H24FN4O5/c1-15-6-8-16(9-7-15)13-28-19-20(26-22(28)33-17-4-3-5-18(12-17)34-25)27(2)23(31)29(21(19)30)14-24(32)10-11-24/h3-9,12,22,26,32H,1,10-11,13-14H2,2H3/q-1. The van der Waals surface area contributed by atoms with Gasteiger partial charge in [0.15, 0.2) is 5.75 Å². The number of aromatic nitrogens is 2. The zero-order valence-corrected chi connectivity index (χ0v) is 18.5. The predicted molar refractivity (Wildman–Crippen MR) is 123 cm³/mol. The average Bonchev–Trinajstić information content (AvgIpc) is 3.46. The van der Waals surface area contributed by atoms with Crippen LogP contribution in [0.5, 0.6) is 11.5 Å². The summed E-state index contributed by atoms with van der Waals surface area (Å²) in [5.74, 6) is 0.569. The average molecular weight is 467 g/mol. The number of nitrogens with zero attached hydrogens (tertiary/aromatic N) is 3. The van der Waals surface area contributed by atoms with Gasteiger partial charge in [-0.15, -0.1) is 12.1 Å². The summed E-state index contributed by atoms with van der Waals surface area (Å²) >= 11 is 0. The Hall–Kier alpha value is -3.92. The highest BCUT2D eigenvalue weighted by molar-refractivity contribution is 5.71. The molecule has 2 N–H and O–H groups in total. The Bertz CT molecular complexity index is 1350. The van der Waals surface area contributed by atoms with Crippen molar-refractivity contribution in [3.05, 3.63) is 87.4 Å². The van der Waals surface area contributed by atoms with Crippen molar-refractivity contribution in [1.29, 1.82) is 0 Å². The molecule has 1 aromatic heterocycles. The lowest BCUT2D eigenvalue weighted by Gasteiger charge is -2.27. The second-order valence-electron chi connectivity index (χ2n) is 8.77. The minimum absolute atomic E-state index is 0.0296. The molecule has 1 unspecified atom stereocenters. The summed E-state index contributed by atoms with van der Waals surface area (Å²) in [4.78, 5) is 32.0. The number of rotatable bonds is 7. The van der Waals surface area contributed by atoms with Crippen LogP contribution in [0.3, 0.4) is 0 Å². The number of halogens is 1. The van der Waals surface area contributed by atoms with Gasteiger partial charge in [-0.25, -0.2) is 4.79 Å². The number of benzene rings is 2. The minimum atomic E-state index is -1.03. The molecule has 2 aliphatic rings. The van der Waals surface area contributed by atoms with E-state index in [1.54, 1.807) is 24.1 Å². The number of hydrogen-bond acceptors (Lipinski definition) is 7. The molecule has 2 aromatic carbocycles. The van der Waals surface area contributed by atoms with Crippen molar-refractivity contribution >= 4 is 11.5 Å². The third kappa shape index (κ3) is 3.96. The Morgan fingerprint density at radius 1 is 1.18 bits per heavy atom. The molecule has 9 nitrogen and oxygen atoms in total. The number of ether oxygens (including phenoxy) is 1. The van der Waals surface area contributed by atoms with E-state index in [0.29, 0.717) is 24.4 Å². The Balaban J connectivity index is 1.58. The zero-order chi connectivity index (χ0) is 24.0. The van der Waals surface area contributed by atoms with Crippen LogP contribution in [0.2, 0.25) is 0 Å². The molecule has 10 heteroatoms. The second-order valence-corrected chi connectivity index (χ2v) is 8.77. The van der Waals surface area contributed by atoms with Crippen molar-refractivity contribution in [2.75, 3.05) is 10.2 Å². The zero-order valence-electron chi connectivity index (χ0n) is 18.5. The van der Waals surface area contributed by atoms with Crippen molar-refractivity contribution in [1.82, 2.24) is 9.13 Å². The third-order valence-corrected chi connectivity index (χ3v) is 6.15. The maximum absolute atomic E-state index is 13.5. The van der Waals surface area contributed by atoms with Crippen molar-refractivity contribution in [3.63, 3.8) is 0 Å². The minimum Gasteiger partial charge on any atom is -0.452 e. The highest BCUT2D eigenvalue weighted by Gasteiger charge is 2.43. The lowest BCUT2D eigenvalue weighted by Crippen LogP contribution is -2.45. The van der Waals surface area contributed by atoms with E-state index >= 15 is 0 Å². The summed E-state index contributed by atoms with van der Waals surface area (Å²) in [7, 11) is 1.55. The summed E-state index contributed by atoms with van der Waals surface area (Å²) in [6, 6.07) is 13.5. The SMILES string of the molecule is [CH2-]c1ccc(CN2c3c(n(C)c(=O)n(CC4(O)CC4)c3=O)NC2Oc2cccc(OF)c2)cc1. The summed E-state index contributed by atoms with van der Waals surface area (Å²) in [6.07, 6.45) is 0.206. The van der Waals surface area contributed by atoms with Gasteiger partial charge >= 0.3 is 5.69 Å². The van der Waals surface area contributed by atoms with Crippen molar-refractivity contribution in [2.24, 2.45) is 7.05 Å². The van der Waals surface area contributed by atoms with E-state index in [2.05, 4.69) is 17.2 Å². The molecule has 5 rings (SSSR count). The molecule has 2 heterocycles. The quantitative estimate of drug-likeness (QED) is 0.515. The molecule has 1 fully saturated rings. The molecule has 0 radical (unpaired) electrons. The highest BCUT2D eigenvalue weighted by Crippen LogP contribution is 2.37. The second kappa shape index (κ2) is 8.14. The normalized spacial score (nSPS) is 17.7. The topological polar surface area (TPSA) is 98.0 Å². The lowest BCUT2D eigenvalue weighted by atomic mass is 10.1. The van der Waals surface area contributed by atoms with Crippen LogP contribution < -0.4 is 31.1 Å². The maximum atomic E-state index is 13.5. The van der Waals surface area contributed by atoms with Crippen LogP contribution in [0, 0.1) is 6.92 Å². The van der Waals surface area contributed by atoms with Gasteiger partial charge in [0.25, 0.3) is 11.9 Å². The van der Waals surface area contributed by atoms with Gasteiger partial charge in [0.2, 0.25) is 0 Å². The predicted octanol–water partition coefficient (Wildman–Crippen LogP) is 2.31. The molecule has 0 saturated heterocycles. The summed E-state index contributed by atoms with van der Waals surface area (Å²) in [6.45, 7) is 4.10. The fourth-order valence-electron chi connectivity index (χ4n) is 4.04. The number of nitrogens with one attached hydrogen (secondary N) is 1. The first-order chi connectivity index (χ1) is 16.3. The number of anilines is 2. The van der Waals surface area contributed by atoms with Crippen LogP contribution in [-0.2, 0) is 20.1 Å². The Kier molecular flexibility index (Phi) is 5.24. The molecule has 178 valence electrons. The molecule has 3 aromatic rings. The fourth-order valence-corrected chi connectivity index (χ4v) is 4.04. The lowest BCUT2D eigenvalue weighted by molar-refractivity contribution is -0.00654. The van der Waals surface area contributed by atoms with Crippen LogP contribution >= 0.6 is 0 Å². The van der Waals surface area contributed by atoms with E-state index in [9.17, 15) is 19.2 Å². The van der Waals surface area contributed by atoms with Gasteiger partial charge in [-0.2, -0.15) is 24.6 Å². The molecule has 0 amide bonds. The van der Waals surface area contributed by atoms with E-state index in [4.69, 9.17) is 4.74 Å². The highest BCUT2D eigenvalue weighted by atomic mass is 19.3. The van der Waals surface area contributed by atoms with E-state index in [-0.39, 0.29) is 24.5 Å². The number of hydrogen-bond donors (Lipinski definition) is 2. The first-order valence-electron chi connectivity index (χ1n) is 10.8. The van der Waals surface area contributed by atoms with Crippen LogP contribution in [-0.4, -0.2) is 26.2 Å². The van der Waals surface area contributed by atoms with Crippen LogP contribution in [0.25, 0.3) is 0 Å². The summed E-state index contributed by atoms with van der Waals surface area (Å²) in [5.41, 5.74) is -0.113. The van der Waals surface area contributed by atoms with Gasteiger partial charge in [0.1, 0.15) is 17.3 Å². The Morgan fingerprint density at radius 3 is 2.56 bits per heavy atom. The summed E-state index contributed by atoms with van der Waals surface area (Å²) in [5, 5.41) is 13.5. The van der Waals surface area contributed by atoms with Crippen molar-refractivity contribution < 1.29 is 19.3 Å². The molecular formula is C24H24FN4O5-. The van der Waals surface area contributed by atoms with E-state index in [1.165, 1.54) is 16.7 Å². The molecule has 1 saturated carbocycles. The van der Waals surface area contributed by atoms with Crippen LogP contribution in [0.1, 0.15) is 24.0 Å². The van der Waals surface area contributed by atoms with E-state index < -0.39 is 23.2 Å². The molecule has 0 spiro atoms. The van der Waals surface area contributed by atoms with Gasteiger partial charge in [0.05, 0.1) is 12.1 Å². The van der Waals surface area contributed by atoms with Gasteiger partial charge in [-0.05, 0) is 25.0 Å². The monoisotopic (exact) mass is 467 g/mol. The first-order valence-corrected chi connectivity index (χ1v) is 10.8. The molecular weight excluding hydrogens is 443 g/mol. The van der Waals surface area contributed by atoms with E-state index in [0.717, 1.165) is 15.7 Å². The van der Waals surface area contributed by atoms with Crippen LogP contribution in [0.15, 0.2) is 58.1 Å². The molecule has 0 bridgehead atoms. The maximum Gasteiger partial charge on any atom is 0.332 e. The van der Waals surface area contributed by atoms with Gasteiger partial charge in [-0.1, -0.05) is 11.6 Å². The largest absolute Gasteiger partial charge is 0.452 e. The third-order valence-electron chi connectivity index (χ3n) is 6.15. The molecule has 1 atom stereocenters. The summed E-state index contributed by atoms with van der Waals surface area (Å²) < 4.78 is 21.1. The van der Waals surface area contributed by atoms with Gasteiger partial charge in [-0.3, -0.25) is 18.9 Å². The molecule has 34 heavy (non-hydrogen) atoms. The molecule has 1 aliphatic heterocycles. The van der Waals surface area contributed by atoms with E-state index in [1.807, 2.05) is 24.3 Å².